The van der Waals surface area contributed by atoms with Gasteiger partial charge in [0.2, 0.25) is 0 Å². The highest BCUT2D eigenvalue weighted by atomic mass is 19.1. The van der Waals surface area contributed by atoms with Crippen molar-refractivity contribution in [3.8, 4) is 0 Å². The van der Waals surface area contributed by atoms with Crippen LogP contribution >= 0.6 is 0 Å². The molecule has 0 aliphatic carbocycles. The summed E-state index contributed by atoms with van der Waals surface area (Å²) in [4.78, 5) is 2.04. The van der Waals surface area contributed by atoms with Crippen molar-refractivity contribution in [3.63, 3.8) is 0 Å². The number of ether oxygens (including phenoxy) is 1. The number of aliphatic hydroxyl groups is 1. The summed E-state index contributed by atoms with van der Waals surface area (Å²) in [7, 11) is 0. The number of likely N-dealkylation sites (tertiary alicyclic amines) is 1. The Balaban J connectivity index is 1.93. The van der Waals surface area contributed by atoms with Crippen LogP contribution in [0.4, 0.5) is 4.39 Å². The van der Waals surface area contributed by atoms with Gasteiger partial charge in [0.25, 0.3) is 0 Å². The molecular weight excluding hydrogens is 161 g/mol. The Morgan fingerprint density at radius 3 is 2.92 bits per heavy atom. The van der Waals surface area contributed by atoms with Crippen LogP contribution in [0.2, 0.25) is 0 Å². The molecule has 0 aromatic carbocycles. The summed E-state index contributed by atoms with van der Waals surface area (Å²) in [6.07, 6.45) is 0.00263. The van der Waals surface area contributed by atoms with E-state index in [-0.39, 0.29) is 6.61 Å². The van der Waals surface area contributed by atoms with Crippen molar-refractivity contribution in [3.05, 3.63) is 0 Å². The van der Waals surface area contributed by atoms with Gasteiger partial charge in [-0.05, 0) is 6.42 Å². The lowest BCUT2D eigenvalue weighted by molar-refractivity contribution is 0.0770. The molecule has 1 saturated heterocycles. The van der Waals surface area contributed by atoms with Gasteiger partial charge in [-0.1, -0.05) is 0 Å². The van der Waals surface area contributed by atoms with E-state index in [4.69, 9.17) is 9.84 Å². The molecule has 3 nitrogen and oxygen atoms in total. The summed E-state index contributed by atoms with van der Waals surface area (Å²) in [6.45, 7) is 3.19. The first kappa shape index (κ1) is 9.89. The highest BCUT2D eigenvalue weighted by molar-refractivity contribution is 4.74. The van der Waals surface area contributed by atoms with Crippen molar-refractivity contribution in [2.45, 2.75) is 12.6 Å². The van der Waals surface area contributed by atoms with Gasteiger partial charge >= 0.3 is 0 Å². The van der Waals surface area contributed by atoms with E-state index in [1.807, 2.05) is 4.90 Å². The standard InChI is InChI=1S/C8H16FNO2/c9-8-1-2-10(7-8)3-5-12-6-4-11/h8,11H,1-7H2/t8-/m0/s1. The molecule has 0 saturated carbocycles. The number of rotatable bonds is 5. The molecule has 72 valence electrons. The number of aliphatic hydroxyl groups excluding tert-OH is 1. The Hall–Kier alpha value is -0.190. The van der Waals surface area contributed by atoms with Crippen LogP contribution < -0.4 is 0 Å². The molecule has 1 N–H and O–H groups in total. The number of nitrogens with zero attached hydrogens (tertiary/aromatic N) is 1. The van der Waals surface area contributed by atoms with Crippen LogP contribution in [0.15, 0.2) is 0 Å². The second-order valence-electron chi connectivity index (χ2n) is 3.02. The van der Waals surface area contributed by atoms with E-state index in [0.29, 0.717) is 26.2 Å². The molecule has 4 heteroatoms. The normalized spacial score (nSPS) is 25.0. The van der Waals surface area contributed by atoms with E-state index in [1.165, 1.54) is 0 Å². The van der Waals surface area contributed by atoms with Crippen molar-refractivity contribution in [2.24, 2.45) is 0 Å². The Morgan fingerprint density at radius 1 is 1.50 bits per heavy atom. The molecule has 0 aromatic heterocycles. The lowest BCUT2D eigenvalue weighted by Crippen LogP contribution is -2.25. The van der Waals surface area contributed by atoms with Crippen LogP contribution in [0, 0.1) is 0 Å². The molecule has 0 bridgehead atoms. The fraction of sp³-hybridized carbons (Fsp3) is 1.00. The monoisotopic (exact) mass is 177 g/mol. The second-order valence-corrected chi connectivity index (χ2v) is 3.02. The summed E-state index contributed by atoms with van der Waals surface area (Å²) >= 11 is 0. The third kappa shape index (κ3) is 3.47. The fourth-order valence-electron chi connectivity index (χ4n) is 1.35. The minimum atomic E-state index is -0.650. The predicted octanol–water partition coefficient (Wildman–Crippen LogP) is 0.0391. The molecule has 1 aliphatic heterocycles. The van der Waals surface area contributed by atoms with E-state index in [1.54, 1.807) is 0 Å². The Kier molecular flexibility index (Phi) is 4.50. The van der Waals surface area contributed by atoms with Gasteiger partial charge in [0.05, 0.1) is 19.8 Å². The molecule has 1 fully saturated rings. The van der Waals surface area contributed by atoms with Crippen molar-refractivity contribution < 1.29 is 14.2 Å². The fourth-order valence-corrected chi connectivity index (χ4v) is 1.35. The molecular formula is C8H16FNO2. The first-order chi connectivity index (χ1) is 5.83. The molecule has 12 heavy (non-hydrogen) atoms. The van der Waals surface area contributed by atoms with Crippen LogP contribution in [0.3, 0.4) is 0 Å². The summed E-state index contributed by atoms with van der Waals surface area (Å²) in [5.74, 6) is 0. The minimum Gasteiger partial charge on any atom is -0.394 e. The average molecular weight is 177 g/mol. The highest BCUT2D eigenvalue weighted by Gasteiger charge is 2.20. The Bertz CT molecular complexity index is 124. The summed E-state index contributed by atoms with van der Waals surface area (Å²) in [6, 6.07) is 0. The van der Waals surface area contributed by atoms with Crippen molar-refractivity contribution in [2.75, 3.05) is 39.5 Å². The molecule has 0 spiro atoms. The van der Waals surface area contributed by atoms with Gasteiger partial charge in [0.15, 0.2) is 0 Å². The van der Waals surface area contributed by atoms with E-state index in [0.717, 1.165) is 13.1 Å². The van der Waals surface area contributed by atoms with Gasteiger partial charge in [-0.3, -0.25) is 4.90 Å². The van der Waals surface area contributed by atoms with Crippen LogP contribution in [0.1, 0.15) is 6.42 Å². The smallest absolute Gasteiger partial charge is 0.114 e. The van der Waals surface area contributed by atoms with Gasteiger partial charge in [-0.15, -0.1) is 0 Å². The third-order valence-corrected chi connectivity index (χ3v) is 2.00. The zero-order chi connectivity index (χ0) is 8.81. The van der Waals surface area contributed by atoms with Crippen molar-refractivity contribution in [1.29, 1.82) is 0 Å². The van der Waals surface area contributed by atoms with E-state index in [9.17, 15) is 4.39 Å². The number of halogens is 1. The van der Waals surface area contributed by atoms with Crippen LogP contribution in [0.25, 0.3) is 0 Å². The largest absolute Gasteiger partial charge is 0.394 e. The van der Waals surface area contributed by atoms with E-state index in [2.05, 4.69) is 0 Å². The third-order valence-electron chi connectivity index (χ3n) is 2.00. The molecule has 0 radical (unpaired) electrons. The number of hydrogen-bond donors (Lipinski definition) is 1. The lowest BCUT2D eigenvalue weighted by Gasteiger charge is -2.13. The zero-order valence-corrected chi connectivity index (χ0v) is 7.21. The van der Waals surface area contributed by atoms with Gasteiger partial charge in [0, 0.05) is 19.6 Å². The van der Waals surface area contributed by atoms with E-state index >= 15 is 0 Å². The number of hydrogen-bond acceptors (Lipinski definition) is 3. The van der Waals surface area contributed by atoms with E-state index < -0.39 is 6.17 Å². The quantitative estimate of drug-likeness (QED) is 0.602. The van der Waals surface area contributed by atoms with Gasteiger partial charge in [-0.25, -0.2) is 4.39 Å². The Morgan fingerprint density at radius 2 is 2.33 bits per heavy atom. The summed E-state index contributed by atoms with van der Waals surface area (Å²) < 4.78 is 17.7. The van der Waals surface area contributed by atoms with Crippen LogP contribution in [-0.2, 0) is 4.74 Å². The maximum Gasteiger partial charge on any atom is 0.114 e. The molecule has 0 amide bonds. The minimum absolute atomic E-state index is 0.0612. The van der Waals surface area contributed by atoms with Crippen molar-refractivity contribution in [1.82, 2.24) is 4.90 Å². The zero-order valence-electron chi connectivity index (χ0n) is 7.21. The second kappa shape index (κ2) is 5.45. The first-order valence-corrected chi connectivity index (χ1v) is 4.38. The van der Waals surface area contributed by atoms with Gasteiger partial charge in [-0.2, -0.15) is 0 Å². The molecule has 1 heterocycles. The lowest BCUT2D eigenvalue weighted by atomic mass is 10.3. The van der Waals surface area contributed by atoms with Crippen LogP contribution in [0.5, 0.6) is 0 Å². The molecule has 0 unspecified atom stereocenters. The van der Waals surface area contributed by atoms with Gasteiger partial charge < -0.3 is 9.84 Å². The SMILES string of the molecule is OCCOCCN1CC[C@H](F)C1. The van der Waals surface area contributed by atoms with Gasteiger partial charge in [0.1, 0.15) is 6.17 Å². The predicted molar refractivity (Wildman–Crippen MR) is 43.9 cm³/mol. The average Bonchev–Trinajstić information content (AvgIpc) is 2.45. The van der Waals surface area contributed by atoms with Crippen LogP contribution in [-0.4, -0.2) is 55.6 Å². The summed E-state index contributed by atoms with van der Waals surface area (Å²) in [5.41, 5.74) is 0. The molecule has 1 atom stereocenters. The van der Waals surface area contributed by atoms with Crippen molar-refractivity contribution >= 4 is 0 Å². The maximum absolute atomic E-state index is 12.6. The molecule has 1 rings (SSSR count). The molecule has 1 aliphatic rings. The topological polar surface area (TPSA) is 32.7 Å². The Labute approximate surface area is 72.1 Å². The first-order valence-electron chi connectivity index (χ1n) is 4.38. The summed E-state index contributed by atoms with van der Waals surface area (Å²) in [5, 5.41) is 8.40. The highest BCUT2D eigenvalue weighted by Crippen LogP contribution is 2.10. The maximum atomic E-state index is 12.6. The number of alkyl halides is 1. The molecule has 0 aromatic rings.